The zero-order valence-electron chi connectivity index (χ0n) is 22.3. The molecule has 0 spiro atoms. The van der Waals surface area contributed by atoms with E-state index in [2.05, 4.69) is 39.4 Å². The molecule has 5 aromatic rings. The number of aliphatic hydroxyl groups excluding tert-OH is 1. The lowest BCUT2D eigenvalue weighted by atomic mass is 9.95. The van der Waals surface area contributed by atoms with Gasteiger partial charge in [0.05, 0.1) is 18.2 Å². The predicted octanol–water partition coefficient (Wildman–Crippen LogP) is 6.11. The van der Waals surface area contributed by atoms with E-state index in [-0.39, 0.29) is 28.0 Å². The molecule has 3 heterocycles. The molecule has 6 rings (SSSR count). The number of amides is 1. The number of fused-ring (bicyclic) bond motifs is 1. The number of pyridine rings is 1. The third-order valence-corrected chi connectivity index (χ3v) is 8.94. The lowest BCUT2D eigenvalue weighted by Gasteiger charge is -2.23. The summed E-state index contributed by atoms with van der Waals surface area (Å²) >= 11 is 2.67. The van der Waals surface area contributed by atoms with Crippen molar-refractivity contribution in [1.82, 2.24) is 15.2 Å². The number of carbonyl (C=O) groups excluding carboxylic acids is 2. The van der Waals surface area contributed by atoms with Gasteiger partial charge < -0.3 is 14.9 Å². The van der Waals surface area contributed by atoms with Crippen LogP contribution in [0.5, 0.6) is 11.5 Å². The van der Waals surface area contributed by atoms with Crippen LogP contribution in [0.2, 0.25) is 0 Å². The van der Waals surface area contributed by atoms with E-state index < -0.39 is 17.7 Å². The summed E-state index contributed by atoms with van der Waals surface area (Å²) in [4.78, 5) is 32.2. The zero-order chi connectivity index (χ0) is 29.2. The lowest BCUT2D eigenvalue weighted by molar-refractivity contribution is -0.132. The van der Waals surface area contributed by atoms with E-state index >= 15 is 0 Å². The number of aromatic nitrogens is 3. The summed E-state index contributed by atoms with van der Waals surface area (Å²) in [7, 11) is 0. The summed E-state index contributed by atoms with van der Waals surface area (Å²) < 4.78 is 6.19. The van der Waals surface area contributed by atoms with Gasteiger partial charge in [0.15, 0.2) is 15.8 Å². The molecule has 210 valence electrons. The molecular formula is C31H24N4O5S2. The van der Waals surface area contributed by atoms with Crippen molar-refractivity contribution in [2.24, 2.45) is 0 Å². The molecule has 2 N–H and O–H groups in total. The molecule has 1 atom stereocenters. The number of rotatable bonds is 8. The monoisotopic (exact) mass is 596 g/mol. The highest BCUT2D eigenvalue weighted by atomic mass is 32.2. The third-order valence-electron chi connectivity index (χ3n) is 6.83. The second kappa shape index (κ2) is 11.6. The van der Waals surface area contributed by atoms with E-state index in [1.165, 1.54) is 46.5 Å². The first-order valence-corrected chi connectivity index (χ1v) is 14.9. The molecule has 11 heteroatoms. The Morgan fingerprint density at radius 2 is 1.81 bits per heavy atom. The quantitative estimate of drug-likeness (QED) is 0.0717. The van der Waals surface area contributed by atoms with Gasteiger partial charge in [0.2, 0.25) is 5.13 Å². The number of anilines is 1. The maximum Gasteiger partial charge on any atom is 0.301 e. The fourth-order valence-electron chi connectivity index (χ4n) is 4.90. The maximum atomic E-state index is 13.5. The van der Waals surface area contributed by atoms with E-state index in [0.29, 0.717) is 27.8 Å². The Hall–Kier alpha value is -4.74. The van der Waals surface area contributed by atoms with Crippen LogP contribution in [-0.4, -0.2) is 43.7 Å². The van der Waals surface area contributed by atoms with Crippen LogP contribution in [0, 0.1) is 0 Å². The molecule has 1 aliphatic heterocycles. The van der Waals surface area contributed by atoms with Gasteiger partial charge in [0.1, 0.15) is 5.76 Å². The van der Waals surface area contributed by atoms with Gasteiger partial charge in [0, 0.05) is 23.7 Å². The summed E-state index contributed by atoms with van der Waals surface area (Å²) in [6.45, 7) is 2.07. The first kappa shape index (κ1) is 27.4. The summed E-state index contributed by atoms with van der Waals surface area (Å²) in [6.07, 6.45) is 2.97. The number of carbonyl (C=O) groups is 2. The van der Waals surface area contributed by atoms with Crippen LogP contribution < -0.4 is 9.64 Å². The summed E-state index contributed by atoms with van der Waals surface area (Å²) in [5.74, 6) is -1.31. The highest BCUT2D eigenvalue weighted by molar-refractivity contribution is 8.00. The second-order valence-corrected chi connectivity index (χ2v) is 11.5. The summed E-state index contributed by atoms with van der Waals surface area (Å²) in [5, 5.41) is 32.7. The maximum absolute atomic E-state index is 13.5. The minimum atomic E-state index is -1.04. The molecular weight excluding hydrogens is 572 g/mol. The van der Waals surface area contributed by atoms with Crippen LogP contribution in [0.3, 0.4) is 0 Å². The topological polar surface area (TPSA) is 126 Å². The van der Waals surface area contributed by atoms with Crippen LogP contribution in [-0.2, 0) is 15.3 Å². The van der Waals surface area contributed by atoms with Crippen LogP contribution >= 0.6 is 23.1 Å². The van der Waals surface area contributed by atoms with Gasteiger partial charge in [-0.2, -0.15) is 0 Å². The van der Waals surface area contributed by atoms with Crippen molar-refractivity contribution < 1.29 is 24.5 Å². The number of ketones is 1. The van der Waals surface area contributed by atoms with Crippen molar-refractivity contribution >= 4 is 56.5 Å². The standard InChI is InChI=1S/C31H24N4O5S2/c1-2-40-24-16-20(10-11-23(24)36)26-25(27(37)19-12-14-32-15-13-19)28(38)29(39)35(26)30-33-34-31(42-30)41-17-21-8-5-7-18-6-3-4-9-22(18)21/h3-16,26,36-37H,2,17H2,1H3/b27-25+. The Labute approximate surface area is 249 Å². The van der Waals surface area contributed by atoms with E-state index in [1.807, 2.05) is 18.2 Å². The van der Waals surface area contributed by atoms with Crippen LogP contribution in [0.4, 0.5) is 5.13 Å². The largest absolute Gasteiger partial charge is 0.507 e. The molecule has 1 unspecified atom stereocenters. The number of Topliss-reactive ketones (excluding diaryl/α,β-unsaturated/α-hetero) is 1. The summed E-state index contributed by atoms with van der Waals surface area (Å²) in [6, 6.07) is 20.9. The van der Waals surface area contributed by atoms with Crippen molar-refractivity contribution in [3.63, 3.8) is 0 Å². The molecule has 3 aromatic carbocycles. The van der Waals surface area contributed by atoms with Crippen molar-refractivity contribution in [2.75, 3.05) is 11.5 Å². The Kier molecular flexibility index (Phi) is 7.60. The average Bonchev–Trinajstić information content (AvgIpc) is 3.59. The smallest absolute Gasteiger partial charge is 0.301 e. The molecule has 0 aliphatic carbocycles. The average molecular weight is 597 g/mol. The minimum Gasteiger partial charge on any atom is -0.507 e. The van der Waals surface area contributed by atoms with Crippen molar-refractivity contribution in [1.29, 1.82) is 0 Å². The number of aromatic hydroxyl groups is 1. The zero-order valence-corrected chi connectivity index (χ0v) is 23.9. The molecule has 1 fully saturated rings. The van der Waals surface area contributed by atoms with Gasteiger partial charge >= 0.3 is 5.91 Å². The van der Waals surface area contributed by atoms with E-state index in [0.717, 1.165) is 16.3 Å². The minimum absolute atomic E-state index is 0.0882. The molecule has 2 aromatic heterocycles. The number of benzene rings is 3. The fourth-order valence-corrected chi connectivity index (χ4v) is 6.77. The normalized spacial score (nSPS) is 16.3. The first-order chi connectivity index (χ1) is 20.5. The van der Waals surface area contributed by atoms with Gasteiger partial charge in [-0.15, -0.1) is 10.2 Å². The number of thioether (sulfide) groups is 1. The molecule has 0 bridgehead atoms. The van der Waals surface area contributed by atoms with Crippen molar-refractivity contribution in [3.05, 3.63) is 107 Å². The van der Waals surface area contributed by atoms with Crippen LogP contribution in [0.25, 0.3) is 16.5 Å². The lowest BCUT2D eigenvalue weighted by Crippen LogP contribution is -2.29. The number of phenols is 1. The summed E-state index contributed by atoms with van der Waals surface area (Å²) in [5.41, 5.74) is 1.81. The van der Waals surface area contributed by atoms with Gasteiger partial charge in [-0.05, 0) is 53.1 Å². The SMILES string of the molecule is CCOc1cc(C2/C(=C(\O)c3ccncc3)C(=O)C(=O)N2c2nnc(SCc3cccc4ccccc34)s2)ccc1O. The van der Waals surface area contributed by atoms with Gasteiger partial charge in [0.25, 0.3) is 5.78 Å². The van der Waals surface area contributed by atoms with Crippen molar-refractivity contribution in [3.8, 4) is 11.5 Å². The molecule has 42 heavy (non-hydrogen) atoms. The number of aliphatic hydroxyl groups is 1. The highest BCUT2D eigenvalue weighted by Crippen LogP contribution is 2.45. The number of hydrogen-bond donors (Lipinski definition) is 2. The molecule has 0 saturated carbocycles. The molecule has 9 nitrogen and oxygen atoms in total. The number of nitrogens with zero attached hydrogens (tertiary/aromatic N) is 4. The van der Waals surface area contributed by atoms with Gasteiger partial charge in [-0.25, -0.2) is 0 Å². The Morgan fingerprint density at radius 3 is 2.62 bits per heavy atom. The number of ether oxygens (including phenoxy) is 1. The van der Waals surface area contributed by atoms with E-state index in [1.54, 1.807) is 31.2 Å². The van der Waals surface area contributed by atoms with E-state index in [4.69, 9.17) is 4.74 Å². The van der Waals surface area contributed by atoms with Gasteiger partial charge in [-0.1, -0.05) is 71.6 Å². The molecule has 0 radical (unpaired) electrons. The van der Waals surface area contributed by atoms with Crippen molar-refractivity contribution in [2.45, 2.75) is 23.1 Å². The first-order valence-electron chi connectivity index (χ1n) is 13.1. The van der Waals surface area contributed by atoms with Gasteiger partial charge in [-0.3, -0.25) is 19.5 Å². The predicted molar refractivity (Wildman–Crippen MR) is 162 cm³/mol. The molecule has 1 saturated heterocycles. The third kappa shape index (κ3) is 5.08. The molecule has 1 aliphatic rings. The second-order valence-electron chi connectivity index (χ2n) is 9.34. The Bertz CT molecular complexity index is 1830. The Balaban J connectivity index is 1.39. The molecule has 1 amide bonds. The number of phenolic OH excluding ortho intramolecular Hbond substituents is 1. The van der Waals surface area contributed by atoms with Crippen LogP contribution in [0.15, 0.2) is 95.1 Å². The fraction of sp³-hybridized carbons (Fsp3) is 0.129. The number of hydrogen-bond acceptors (Lipinski definition) is 10. The Morgan fingerprint density at radius 1 is 1.02 bits per heavy atom. The van der Waals surface area contributed by atoms with Crippen LogP contribution in [0.1, 0.15) is 29.7 Å². The van der Waals surface area contributed by atoms with E-state index in [9.17, 15) is 19.8 Å². The highest BCUT2D eigenvalue weighted by Gasteiger charge is 2.48.